The first-order valence-corrected chi connectivity index (χ1v) is 18.4. The molecule has 1 aromatic heterocycles. The summed E-state index contributed by atoms with van der Waals surface area (Å²) in [5, 5.41) is 4.58. The van der Waals surface area contributed by atoms with Crippen molar-refractivity contribution in [2.45, 2.75) is 0 Å². The van der Waals surface area contributed by atoms with Crippen LogP contribution in [0, 0.1) is 0 Å². The fourth-order valence-electron chi connectivity index (χ4n) is 7.81. The van der Waals surface area contributed by atoms with Crippen LogP contribution in [0.4, 0.5) is 17.1 Å². The Morgan fingerprint density at radius 3 is 1.37 bits per heavy atom. The van der Waals surface area contributed by atoms with Gasteiger partial charge in [-0.2, -0.15) is 0 Å². The summed E-state index contributed by atoms with van der Waals surface area (Å²) in [4.78, 5) is 2.35. The first-order valence-electron chi connectivity index (χ1n) is 18.4. The van der Waals surface area contributed by atoms with E-state index in [1.54, 1.807) is 0 Å². The number of rotatable bonds is 7. The van der Waals surface area contributed by atoms with Crippen molar-refractivity contribution in [3.05, 3.63) is 212 Å². The average molecular weight is 690 g/mol. The lowest BCUT2D eigenvalue weighted by Gasteiger charge is -2.26. The molecule has 1 heterocycles. The fraction of sp³-hybridized carbons (Fsp3) is 0. The topological polar surface area (TPSA) is 16.4 Å². The summed E-state index contributed by atoms with van der Waals surface area (Å²) in [6.07, 6.45) is 0. The molecule has 2 heteroatoms. The Bertz CT molecular complexity index is 2800. The second kappa shape index (κ2) is 13.4. The average Bonchev–Trinajstić information content (AvgIpc) is 3.64. The molecule has 9 aromatic carbocycles. The lowest BCUT2D eigenvalue weighted by atomic mass is 9.96. The standard InChI is InChI=1S/C52H35NO/c1-4-14-36(15-5-1)39-26-30-43(31-27-39)53(44-32-28-40(29-33-44)37-16-6-2-7-17-37)50-35-42(38-18-8-3-9-19-38)34-49-48-25-13-24-47(51(48)54-52(49)50)46-23-12-21-41-20-10-11-22-45(41)46/h1-35H. The molecule has 0 aliphatic heterocycles. The Morgan fingerprint density at radius 1 is 0.296 bits per heavy atom. The van der Waals surface area contributed by atoms with E-state index in [9.17, 15) is 0 Å². The van der Waals surface area contributed by atoms with Gasteiger partial charge in [-0.25, -0.2) is 0 Å². The predicted octanol–water partition coefficient (Wildman–Crippen LogP) is 14.9. The van der Waals surface area contributed by atoms with Gasteiger partial charge in [-0.3, -0.25) is 0 Å². The minimum Gasteiger partial charge on any atom is -0.453 e. The van der Waals surface area contributed by atoms with E-state index < -0.39 is 0 Å². The van der Waals surface area contributed by atoms with Crippen molar-refractivity contribution in [3.8, 4) is 44.5 Å². The first kappa shape index (κ1) is 31.6. The van der Waals surface area contributed by atoms with E-state index in [1.807, 2.05) is 0 Å². The molecule has 0 fully saturated rings. The van der Waals surface area contributed by atoms with Gasteiger partial charge in [0, 0.05) is 27.7 Å². The van der Waals surface area contributed by atoms with Gasteiger partial charge in [0.25, 0.3) is 0 Å². The van der Waals surface area contributed by atoms with Gasteiger partial charge in [0.2, 0.25) is 0 Å². The lowest BCUT2D eigenvalue weighted by molar-refractivity contribution is 0.670. The van der Waals surface area contributed by atoms with E-state index in [-0.39, 0.29) is 0 Å². The molecule has 0 radical (unpaired) electrons. The second-order valence-electron chi connectivity index (χ2n) is 13.7. The van der Waals surface area contributed by atoms with Crippen LogP contribution in [0.5, 0.6) is 0 Å². The molecule has 10 aromatic rings. The van der Waals surface area contributed by atoms with Gasteiger partial charge in [0.05, 0.1) is 5.69 Å². The van der Waals surface area contributed by atoms with Gasteiger partial charge in [-0.15, -0.1) is 0 Å². The van der Waals surface area contributed by atoms with E-state index in [0.29, 0.717) is 0 Å². The van der Waals surface area contributed by atoms with E-state index in [0.717, 1.165) is 61.3 Å². The van der Waals surface area contributed by atoms with Gasteiger partial charge >= 0.3 is 0 Å². The maximum atomic E-state index is 7.18. The van der Waals surface area contributed by atoms with Crippen LogP contribution in [-0.4, -0.2) is 0 Å². The van der Waals surface area contributed by atoms with Crippen molar-refractivity contribution in [2.24, 2.45) is 0 Å². The highest BCUT2D eigenvalue weighted by atomic mass is 16.3. The molecule has 0 bridgehead atoms. The summed E-state index contributed by atoms with van der Waals surface area (Å²) in [7, 11) is 0. The first-order chi connectivity index (χ1) is 26.8. The highest BCUT2D eigenvalue weighted by Crippen LogP contribution is 2.47. The van der Waals surface area contributed by atoms with Crippen LogP contribution in [0.2, 0.25) is 0 Å². The molecule has 0 saturated carbocycles. The van der Waals surface area contributed by atoms with Crippen molar-refractivity contribution in [1.82, 2.24) is 0 Å². The van der Waals surface area contributed by atoms with Gasteiger partial charge in [-0.1, -0.05) is 176 Å². The van der Waals surface area contributed by atoms with E-state index >= 15 is 0 Å². The van der Waals surface area contributed by atoms with Crippen LogP contribution >= 0.6 is 0 Å². The predicted molar refractivity (Wildman–Crippen MR) is 228 cm³/mol. The maximum Gasteiger partial charge on any atom is 0.159 e. The third-order valence-electron chi connectivity index (χ3n) is 10.5. The Hall–Kier alpha value is -7.16. The molecule has 0 amide bonds. The quantitative estimate of drug-likeness (QED) is 0.166. The van der Waals surface area contributed by atoms with Gasteiger partial charge in [0.15, 0.2) is 5.58 Å². The third kappa shape index (κ3) is 5.62. The normalized spacial score (nSPS) is 11.3. The summed E-state index contributed by atoms with van der Waals surface area (Å²) in [5.41, 5.74) is 14.0. The summed E-state index contributed by atoms with van der Waals surface area (Å²) in [6, 6.07) is 75.7. The van der Waals surface area contributed by atoms with Crippen LogP contribution in [0.1, 0.15) is 0 Å². The zero-order valence-corrected chi connectivity index (χ0v) is 29.6. The van der Waals surface area contributed by atoms with E-state index in [1.165, 1.54) is 33.0 Å². The second-order valence-corrected chi connectivity index (χ2v) is 13.7. The van der Waals surface area contributed by atoms with Crippen LogP contribution in [-0.2, 0) is 0 Å². The van der Waals surface area contributed by atoms with Crippen LogP contribution < -0.4 is 4.90 Å². The van der Waals surface area contributed by atoms with Gasteiger partial charge in [0.1, 0.15) is 5.58 Å². The van der Waals surface area contributed by atoms with E-state index in [2.05, 4.69) is 217 Å². The number of benzene rings is 9. The zero-order chi connectivity index (χ0) is 35.8. The number of nitrogens with zero attached hydrogens (tertiary/aromatic N) is 1. The highest BCUT2D eigenvalue weighted by Gasteiger charge is 2.23. The van der Waals surface area contributed by atoms with Crippen molar-refractivity contribution < 1.29 is 4.42 Å². The largest absolute Gasteiger partial charge is 0.453 e. The van der Waals surface area contributed by atoms with Crippen LogP contribution in [0.15, 0.2) is 217 Å². The minimum atomic E-state index is 0.844. The molecule has 0 aliphatic carbocycles. The Kier molecular flexibility index (Phi) is 7.85. The van der Waals surface area contributed by atoms with Gasteiger partial charge in [-0.05, 0) is 86.1 Å². The van der Waals surface area contributed by atoms with Gasteiger partial charge < -0.3 is 9.32 Å². The molecular weight excluding hydrogens is 655 g/mol. The Balaban J connectivity index is 1.23. The van der Waals surface area contributed by atoms with Crippen molar-refractivity contribution in [2.75, 3.05) is 4.90 Å². The molecule has 0 spiro atoms. The molecule has 0 unspecified atom stereocenters. The number of para-hydroxylation sites is 1. The molecule has 10 rings (SSSR count). The van der Waals surface area contributed by atoms with Crippen LogP contribution in [0.25, 0.3) is 77.2 Å². The zero-order valence-electron chi connectivity index (χ0n) is 29.6. The summed E-state index contributed by atoms with van der Waals surface area (Å²) < 4.78 is 7.18. The number of hydrogen-bond donors (Lipinski definition) is 0. The Labute approximate surface area is 314 Å². The molecule has 0 saturated heterocycles. The molecule has 0 N–H and O–H groups in total. The molecule has 0 atom stereocenters. The molecule has 0 aliphatic rings. The maximum absolute atomic E-state index is 7.18. The summed E-state index contributed by atoms with van der Waals surface area (Å²) in [6.45, 7) is 0. The SMILES string of the molecule is c1ccc(-c2ccc(N(c3ccc(-c4ccccc4)cc3)c3cc(-c4ccccc4)cc4c3oc3c(-c5cccc6ccccc56)cccc34)cc2)cc1. The molecule has 54 heavy (non-hydrogen) atoms. The highest BCUT2D eigenvalue weighted by molar-refractivity contribution is 6.16. The number of fused-ring (bicyclic) bond motifs is 4. The number of furan rings is 1. The third-order valence-corrected chi connectivity index (χ3v) is 10.5. The molecule has 254 valence electrons. The lowest BCUT2D eigenvalue weighted by Crippen LogP contribution is -2.10. The number of hydrogen-bond acceptors (Lipinski definition) is 2. The number of anilines is 3. The Morgan fingerprint density at radius 2 is 0.759 bits per heavy atom. The summed E-state index contributed by atoms with van der Waals surface area (Å²) in [5.74, 6) is 0. The molecule has 2 nitrogen and oxygen atoms in total. The van der Waals surface area contributed by atoms with Crippen molar-refractivity contribution in [3.63, 3.8) is 0 Å². The monoisotopic (exact) mass is 689 g/mol. The molecular formula is C52H35NO. The van der Waals surface area contributed by atoms with Crippen LogP contribution in [0.3, 0.4) is 0 Å². The van der Waals surface area contributed by atoms with Crippen molar-refractivity contribution >= 4 is 49.8 Å². The van der Waals surface area contributed by atoms with E-state index in [4.69, 9.17) is 4.42 Å². The minimum absolute atomic E-state index is 0.844. The smallest absolute Gasteiger partial charge is 0.159 e. The van der Waals surface area contributed by atoms with Crippen molar-refractivity contribution in [1.29, 1.82) is 0 Å². The fourth-order valence-corrected chi connectivity index (χ4v) is 7.81. The summed E-state index contributed by atoms with van der Waals surface area (Å²) >= 11 is 0.